The Labute approximate surface area is 234 Å². The number of amides is 1. The van der Waals surface area contributed by atoms with Gasteiger partial charge in [-0.3, -0.25) is 9.35 Å². The molecule has 0 saturated carbocycles. The summed E-state index contributed by atoms with van der Waals surface area (Å²) in [5.74, 6) is -1.01. The number of carbonyl (C=O) groups excluding carboxylic acids is 1. The second kappa shape index (κ2) is 25.8. The smallest absolute Gasteiger partial charge is 0.267 e. The van der Waals surface area contributed by atoms with E-state index in [1.54, 1.807) is 6.08 Å². The summed E-state index contributed by atoms with van der Waals surface area (Å²) in [6.07, 6.45) is 31.4. The van der Waals surface area contributed by atoms with Gasteiger partial charge in [-0.2, -0.15) is 8.42 Å². The van der Waals surface area contributed by atoms with Gasteiger partial charge in [-0.05, 0) is 44.9 Å². The lowest BCUT2D eigenvalue weighted by molar-refractivity contribution is -0.122. The number of unbranched alkanes of at least 4 members (excludes halogenated alkanes) is 14. The Hall–Kier alpha value is -1.44. The van der Waals surface area contributed by atoms with Gasteiger partial charge in [0.1, 0.15) is 0 Å². The molecule has 7 heteroatoms. The zero-order chi connectivity index (χ0) is 28.3. The Morgan fingerprint density at radius 1 is 0.684 bits per heavy atom. The van der Waals surface area contributed by atoms with Gasteiger partial charge in [-0.15, -0.1) is 0 Å². The van der Waals surface area contributed by atoms with Crippen LogP contribution in [0.25, 0.3) is 0 Å². The highest BCUT2D eigenvalue weighted by atomic mass is 32.2. The first-order valence-electron chi connectivity index (χ1n) is 15.2. The number of aliphatic hydroxyl groups excluding tert-OH is 1. The highest BCUT2D eigenvalue weighted by molar-refractivity contribution is 7.85. The van der Waals surface area contributed by atoms with E-state index in [0.29, 0.717) is 6.42 Å². The van der Waals surface area contributed by atoms with E-state index >= 15 is 0 Å². The average molecular weight is 556 g/mol. The SMILES string of the molecule is CCCCCCC/C=C/CC/C=C/CC/C=C/C(O)C(CS(=O)(=O)O)NC(=O)CCCCCCCCCC. The Bertz CT molecular complexity index is 745. The van der Waals surface area contributed by atoms with E-state index in [1.165, 1.54) is 76.7 Å². The zero-order valence-corrected chi connectivity index (χ0v) is 25.1. The Morgan fingerprint density at radius 3 is 1.66 bits per heavy atom. The van der Waals surface area contributed by atoms with Crippen LogP contribution in [0.5, 0.6) is 0 Å². The predicted octanol–water partition coefficient (Wildman–Crippen LogP) is 7.84. The van der Waals surface area contributed by atoms with E-state index in [4.69, 9.17) is 0 Å². The fraction of sp³-hybridized carbons (Fsp3) is 0.774. The molecule has 0 aliphatic heterocycles. The van der Waals surface area contributed by atoms with Crippen molar-refractivity contribution >= 4 is 16.0 Å². The van der Waals surface area contributed by atoms with Crippen molar-refractivity contribution in [2.75, 3.05) is 5.75 Å². The third-order valence-corrected chi connectivity index (χ3v) is 7.33. The van der Waals surface area contributed by atoms with E-state index < -0.39 is 28.0 Å². The highest BCUT2D eigenvalue weighted by Gasteiger charge is 2.24. The first-order valence-corrected chi connectivity index (χ1v) is 16.8. The van der Waals surface area contributed by atoms with E-state index in [2.05, 4.69) is 43.5 Å². The number of allylic oxidation sites excluding steroid dienone is 5. The third kappa shape index (κ3) is 26.2. The van der Waals surface area contributed by atoms with Crippen molar-refractivity contribution in [1.82, 2.24) is 5.32 Å². The Kier molecular flexibility index (Phi) is 24.8. The first kappa shape index (κ1) is 36.6. The lowest BCUT2D eigenvalue weighted by Gasteiger charge is -2.21. The lowest BCUT2D eigenvalue weighted by atomic mass is 10.1. The molecule has 0 heterocycles. The van der Waals surface area contributed by atoms with Crippen molar-refractivity contribution in [2.45, 2.75) is 148 Å². The standard InChI is InChI=1S/C31H57NO5S/c1-3-5-7-9-11-13-14-15-16-17-18-19-20-22-24-26-30(33)29(28-38(35,36)37)32-31(34)27-25-23-21-12-10-8-6-4-2/h14-15,18-19,24,26,29-30,33H,3-13,16-17,20-23,25,27-28H2,1-2H3,(H,32,34)(H,35,36,37)/b15-14+,19-18+,26-24+. The molecule has 0 rings (SSSR count). The summed E-state index contributed by atoms with van der Waals surface area (Å²) in [7, 11) is -4.34. The van der Waals surface area contributed by atoms with Crippen LogP contribution in [0.3, 0.4) is 0 Å². The predicted molar refractivity (Wildman–Crippen MR) is 161 cm³/mol. The second-order valence-corrected chi connectivity index (χ2v) is 11.9. The summed E-state index contributed by atoms with van der Waals surface area (Å²) >= 11 is 0. The molecule has 2 atom stereocenters. The van der Waals surface area contributed by atoms with Gasteiger partial charge < -0.3 is 10.4 Å². The Balaban J connectivity index is 4.20. The summed E-state index contributed by atoms with van der Waals surface area (Å²) in [5.41, 5.74) is 0. The molecule has 0 aromatic rings. The molecule has 0 aliphatic rings. The van der Waals surface area contributed by atoms with Gasteiger partial charge >= 0.3 is 0 Å². The fourth-order valence-electron chi connectivity index (χ4n) is 4.24. The number of rotatable bonds is 26. The van der Waals surface area contributed by atoms with E-state index in [9.17, 15) is 22.9 Å². The number of hydrogen-bond donors (Lipinski definition) is 3. The van der Waals surface area contributed by atoms with Crippen molar-refractivity contribution in [3.63, 3.8) is 0 Å². The van der Waals surface area contributed by atoms with Gasteiger partial charge in [0.05, 0.1) is 17.9 Å². The van der Waals surface area contributed by atoms with Gasteiger partial charge in [-0.25, -0.2) is 0 Å². The number of nitrogens with one attached hydrogen (secondary N) is 1. The molecular weight excluding hydrogens is 498 g/mol. The van der Waals surface area contributed by atoms with Crippen LogP contribution in [0.15, 0.2) is 36.5 Å². The maximum absolute atomic E-state index is 12.3. The van der Waals surface area contributed by atoms with Gasteiger partial charge in [-0.1, -0.05) is 121 Å². The minimum Gasteiger partial charge on any atom is -0.387 e. The maximum Gasteiger partial charge on any atom is 0.267 e. The van der Waals surface area contributed by atoms with Crippen LogP contribution in [0.2, 0.25) is 0 Å². The van der Waals surface area contributed by atoms with Crippen LogP contribution in [0, 0.1) is 0 Å². The van der Waals surface area contributed by atoms with Crippen molar-refractivity contribution < 1.29 is 22.9 Å². The molecule has 3 N–H and O–H groups in total. The number of carbonyl (C=O) groups is 1. The molecule has 38 heavy (non-hydrogen) atoms. The summed E-state index contributed by atoms with van der Waals surface area (Å²) in [4.78, 5) is 12.3. The van der Waals surface area contributed by atoms with Gasteiger partial charge in [0.15, 0.2) is 0 Å². The quantitative estimate of drug-likeness (QED) is 0.0573. The second-order valence-electron chi connectivity index (χ2n) is 10.4. The normalized spacial score (nSPS) is 14.1. The van der Waals surface area contributed by atoms with E-state index in [1.807, 2.05) is 0 Å². The van der Waals surface area contributed by atoms with Crippen LogP contribution < -0.4 is 5.32 Å². The molecular formula is C31H57NO5S. The number of hydrogen-bond acceptors (Lipinski definition) is 4. The van der Waals surface area contributed by atoms with Crippen LogP contribution in [-0.2, 0) is 14.9 Å². The molecule has 0 bridgehead atoms. The minimum absolute atomic E-state index is 0.284. The van der Waals surface area contributed by atoms with Crippen molar-refractivity contribution in [3.8, 4) is 0 Å². The maximum atomic E-state index is 12.3. The molecule has 0 aromatic carbocycles. The van der Waals surface area contributed by atoms with E-state index in [-0.39, 0.29) is 12.3 Å². The third-order valence-electron chi connectivity index (χ3n) is 6.55. The first-order chi connectivity index (χ1) is 18.3. The minimum atomic E-state index is -4.34. The van der Waals surface area contributed by atoms with Gasteiger partial charge in [0, 0.05) is 6.42 Å². The zero-order valence-electron chi connectivity index (χ0n) is 24.3. The largest absolute Gasteiger partial charge is 0.387 e. The molecule has 2 unspecified atom stereocenters. The molecule has 222 valence electrons. The lowest BCUT2D eigenvalue weighted by Crippen LogP contribution is -2.46. The van der Waals surface area contributed by atoms with Gasteiger partial charge in [0.2, 0.25) is 5.91 Å². The van der Waals surface area contributed by atoms with E-state index in [0.717, 1.165) is 38.5 Å². The van der Waals surface area contributed by atoms with Crippen LogP contribution >= 0.6 is 0 Å². The molecule has 1 amide bonds. The van der Waals surface area contributed by atoms with Crippen LogP contribution in [-0.4, -0.2) is 41.9 Å². The molecule has 0 radical (unpaired) electrons. The summed E-state index contributed by atoms with van der Waals surface area (Å²) in [6.45, 7) is 4.42. The molecule has 0 aliphatic carbocycles. The monoisotopic (exact) mass is 555 g/mol. The van der Waals surface area contributed by atoms with Gasteiger partial charge in [0.25, 0.3) is 10.1 Å². The fourth-order valence-corrected chi connectivity index (χ4v) is 4.98. The van der Waals surface area contributed by atoms with Crippen molar-refractivity contribution in [1.29, 1.82) is 0 Å². The molecule has 0 fully saturated rings. The van der Waals surface area contributed by atoms with Crippen molar-refractivity contribution in [3.05, 3.63) is 36.5 Å². The van der Waals surface area contributed by atoms with Crippen LogP contribution in [0.4, 0.5) is 0 Å². The Morgan fingerprint density at radius 2 is 1.13 bits per heavy atom. The topological polar surface area (TPSA) is 104 Å². The number of aliphatic hydroxyl groups is 1. The summed E-state index contributed by atoms with van der Waals surface area (Å²) in [6, 6.07) is -1.07. The summed E-state index contributed by atoms with van der Waals surface area (Å²) in [5, 5.41) is 13.0. The van der Waals surface area contributed by atoms with Crippen LogP contribution in [0.1, 0.15) is 136 Å². The molecule has 0 saturated heterocycles. The van der Waals surface area contributed by atoms with Crippen molar-refractivity contribution in [2.24, 2.45) is 0 Å². The summed E-state index contributed by atoms with van der Waals surface area (Å²) < 4.78 is 32.1. The molecule has 6 nitrogen and oxygen atoms in total. The average Bonchev–Trinajstić information content (AvgIpc) is 2.86. The molecule has 0 aromatic heterocycles. The highest BCUT2D eigenvalue weighted by Crippen LogP contribution is 2.10. The molecule has 0 spiro atoms.